The zero-order valence-corrected chi connectivity index (χ0v) is 18.7. The van der Waals surface area contributed by atoms with Crippen molar-refractivity contribution in [3.8, 4) is 16.9 Å². The molecule has 0 amide bonds. The Bertz CT molecular complexity index is 1220. The van der Waals surface area contributed by atoms with Gasteiger partial charge in [0, 0.05) is 7.05 Å². The normalized spacial score (nSPS) is 12.1. The van der Waals surface area contributed by atoms with E-state index in [9.17, 15) is 21.6 Å². The summed E-state index contributed by atoms with van der Waals surface area (Å²) in [6.45, 7) is 3.36. The number of aryl methyl sites for hydroxylation is 2. The van der Waals surface area contributed by atoms with Crippen LogP contribution in [0, 0.1) is 13.8 Å². The summed E-state index contributed by atoms with van der Waals surface area (Å²) in [5, 5.41) is 3.86. The summed E-state index contributed by atoms with van der Waals surface area (Å²) in [7, 11) is -2.46. The minimum absolute atomic E-state index is 0.148. The Kier molecular flexibility index (Phi) is 6.18. The lowest BCUT2D eigenvalue weighted by atomic mass is 10.1. The molecular weight excluding hydrogens is 478 g/mol. The van der Waals surface area contributed by atoms with Crippen molar-refractivity contribution in [1.29, 1.82) is 0 Å². The Balaban J connectivity index is 1.95. The summed E-state index contributed by atoms with van der Waals surface area (Å²) in [6, 6.07) is 7.74. The third kappa shape index (κ3) is 5.08. The number of aromatic nitrogens is 2. The quantitative estimate of drug-likeness (QED) is 0.493. The smallest absolute Gasteiger partial charge is 0.406 e. The van der Waals surface area contributed by atoms with Crippen LogP contribution in [0.25, 0.3) is 11.1 Å². The summed E-state index contributed by atoms with van der Waals surface area (Å²) in [6.07, 6.45) is -4.80. The lowest BCUT2D eigenvalue weighted by molar-refractivity contribution is -0.274. The molecule has 6 nitrogen and oxygen atoms in total. The number of rotatable bonds is 5. The molecule has 0 radical (unpaired) electrons. The molecule has 0 aliphatic carbocycles. The van der Waals surface area contributed by atoms with Crippen LogP contribution in [0.4, 0.5) is 18.9 Å². The minimum Gasteiger partial charge on any atom is -0.406 e. The van der Waals surface area contributed by atoms with E-state index in [0.717, 1.165) is 12.1 Å². The molecule has 0 aliphatic heterocycles. The highest BCUT2D eigenvalue weighted by atomic mass is 35.5. The molecule has 1 heterocycles. The molecule has 0 atom stereocenters. The number of hydrogen-bond donors (Lipinski definition) is 1. The van der Waals surface area contributed by atoms with Gasteiger partial charge >= 0.3 is 6.36 Å². The van der Waals surface area contributed by atoms with Crippen molar-refractivity contribution in [1.82, 2.24) is 9.78 Å². The van der Waals surface area contributed by atoms with Crippen LogP contribution in [0.2, 0.25) is 10.0 Å². The maximum absolute atomic E-state index is 12.9. The second-order valence-corrected chi connectivity index (χ2v) is 9.05. The fourth-order valence-electron chi connectivity index (χ4n) is 2.94. The predicted octanol–water partition coefficient (Wildman–Crippen LogP) is 5.71. The number of sulfonamides is 1. The van der Waals surface area contributed by atoms with Gasteiger partial charge in [-0.15, -0.1) is 13.2 Å². The van der Waals surface area contributed by atoms with Gasteiger partial charge in [0.15, 0.2) is 0 Å². The zero-order valence-electron chi connectivity index (χ0n) is 16.4. The Hall–Kier alpha value is -2.43. The van der Waals surface area contributed by atoms with Crippen LogP contribution in [0.3, 0.4) is 0 Å². The second kappa shape index (κ2) is 8.25. The molecule has 3 rings (SSSR count). The Morgan fingerprint density at radius 1 is 1.03 bits per heavy atom. The number of nitrogens with zero attached hydrogens (tertiary/aromatic N) is 2. The second-order valence-electron chi connectivity index (χ2n) is 6.62. The number of halogens is 5. The van der Waals surface area contributed by atoms with Gasteiger partial charge in [-0.1, -0.05) is 35.3 Å². The van der Waals surface area contributed by atoms with Gasteiger partial charge in [-0.05, 0) is 49.2 Å². The Labute approximate surface area is 186 Å². The fraction of sp³-hybridized carbons (Fsp3) is 0.211. The molecule has 31 heavy (non-hydrogen) atoms. The highest BCUT2D eigenvalue weighted by Gasteiger charge is 2.31. The van der Waals surface area contributed by atoms with E-state index >= 15 is 0 Å². The van der Waals surface area contributed by atoms with Crippen molar-refractivity contribution >= 4 is 38.9 Å². The number of ether oxygens (including phenoxy) is 1. The van der Waals surface area contributed by atoms with Crippen molar-refractivity contribution in [2.24, 2.45) is 7.05 Å². The van der Waals surface area contributed by atoms with E-state index in [0.29, 0.717) is 28.2 Å². The van der Waals surface area contributed by atoms with Crippen LogP contribution in [0.15, 0.2) is 41.3 Å². The molecule has 0 saturated heterocycles. The average molecular weight is 494 g/mol. The Morgan fingerprint density at radius 2 is 1.58 bits per heavy atom. The van der Waals surface area contributed by atoms with Crippen LogP contribution in [0.1, 0.15) is 11.4 Å². The molecule has 12 heteroatoms. The van der Waals surface area contributed by atoms with Crippen molar-refractivity contribution in [2.75, 3.05) is 4.72 Å². The molecule has 0 saturated carbocycles. The zero-order chi connectivity index (χ0) is 23.1. The number of benzene rings is 2. The summed E-state index contributed by atoms with van der Waals surface area (Å²) < 4.78 is 70.6. The Morgan fingerprint density at radius 3 is 2.03 bits per heavy atom. The summed E-state index contributed by atoms with van der Waals surface area (Å²) in [4.78, 5) is -0.320. The summed E-state index contributed by atoms with van der Waals surface area (Å²) >= 11 is 12.5. The molecule has 0 bridgehead atoms. The van der Waals surface area contributed by atoms with E-state index in [2.05, 4.69) is 14.6 Å². The van der Waals surface area contributed by atoms with Crippen molar-refractivity contribution in [3.05, 3.63) is 57.8 Å². The topological polar surface area (TPSA) is 73.2 Å². The first-order valence-electron chi connectivity index (χ1n) is 8.67. The minimum atomic E-state index is -4.80. The standard InChI is InChI=1S/C19H16Cl2F3N3O3S/c1-10-17(11(2)27(3)25-10)26-31(28,29)18-15(20)8-13(9-16(18)21)12-4-6-14(7-5-12)30-19(22,23)24/h4-9,26H,1-3H3. The maximum atomic E-state index is 12.9. The van der Waals surface area contributed by atoms with E-state index in [1.807, 2.05) is 0 Å². The first kappa shape index (κ1) is 23.2. The molecule has 0 spiro atoms. The molecular formula is C19H16Cl2F3N3O3S. The first-order valence-corrected chi connectivity index (χ1v) is 10.9. The van der Waals surface area contributed by atoms with Crippen molar-refractivity contribution in [2.45, 2.75) is 25.1 Å². The van der Waals surface area contributed by atoms with Crippen molar-refractivity contribution in [3.63, 3.8) is 0 Å². The molecule has 1 N–H and O–H groups in total. The monoisotopic (exact) mass is 493 g/mol. The largest absolute Gasteiger partial charge is 0.573 e. The van der Waals surface area contributed by atoms with Gasteiger partial charge in [0.2, 0.25) is 0 Å². The van der Waals surface area contributed by atoms with Gasteiger partial charge in [-0.25, -0.2) is 8.42 Å². The highest BCUT2D eigenvalue weighted by Crippen LogP contribution is 2.37. The number of nitrogens with one attached hydrogen (secondary N) is 1. The van der Waals surface area contributed by atoms with E-state index in [4.69, 9.17) is 23.2 Å². The fourth-order valence-corrected chi connectivity index (χ4v) is 5.33. The van der Waals surface area contributed by atoms with Crippen LogP contribution < -0.4 is 9.46 Å². The lowest BCUT2D eigenvalue weighted by Gasteiger charge is -2.14. The third-order valence-corrected chi connectivity index (χ3v) is 6.70. The SMILES string of the molecule is Cc1nn(C)c(C)c1NS(=O)(=O)c1c(Cl)cc(-c2ccc(OC(F)(F)F)cc2)cc1Cl. The maximum Gasteiger partial charge on any atom is 0.573 e. The van der Waals surface area contributed by atoms with Gasteiger partial charge in [0.05, 0.1) is 27.1 Å². The van der Waals surface area contributed by atoms with Crippen LogP contribution in [-0.2, 0) is 17.1 Å². The third-order valence-electron chi connectivity index (χ3n) is 4.43. The van der Waals surface area contributed by atoms with E-state index < -0.39 is 16.4 Å². The lowest BCUT2D eigenvalue weighted by Crippen LogP contribution is -2.16. The number of alkyl halides is 3. The molecule has 2 aromatic carbocycles. The molecule has 0 unspecified atom stereocenters. The van der Waals surface area contributed by atoms with E-state index in [1.165, 1.54) is 28.9 Å². The molecule has 166 valence electrons. The van der Waals surface area contributed by atoms with Gasteiger partial charge in [0.1, 0.15) is 10.6 Å². The van der Waals surface area contributed by atoms with Crippen molar-refractivity contribution < 1.29 is 26.3 Å². The predicted molar refractivity (Wildman–Crippen MR) is 112 cm³/mol. The van der Waals surface area contributed by atoms with Gasteiger partial charge < -0.3 is 4.74 Å². The van der Waals surface area contributed by atoms with Gasteiger partial charge in [-0.2, -0.15) is 5.10 Å². The molecule has 0 fully saturated rings. The number of hydrogen-bond acceptors (Lipinski definition) is 4. The average Bonchev–Trinajstić information content (AvgIpc) is 2.86. The van der Waals surface area contributed by atoms with Gasteiger partial charge in [0.25, 0.3) is 10.0 Å². The molecule has 0 aliphatic rings. The molecule has 1 aromatic heterocycles. The van der Waals surface area contributed by atoms with Crippen LogP contribution in [-0.4, -0.2) is 24.6 Å². The summed E-state index contributed by atoms with van der Waals surface area (Å²) in [5.41, 5.74) is 2.29. The first-order chi connectivity index (χ1) is 14.3. The summed E-state index contributed by atoms with van der Waals surface area (Å²) in [5.74, 6) is -0.390. The molecule has 3 aromatic rings. The van der Waals surface area contributed by atoms with Gasteiger partial charge in [-0.3, -0.25) is 9.40 Å². The number of anilines is 1. The van der Waals surface area contributed by atoms with Crippen LogP contribution in [0.5, 0.6) is 5.75 Å². The van der Waals surface area contributed by atoms with E-state index in [1.54, 1.807) is 20.9 Å². The van der Waals surface area contributed by atoms with Crippen LogP contribution >= 0.6 is 23.2 Å². The highest BCUT2D eigenvalue weighted by molar-refractivity contribution is 7.93. The van der Waals surface area contributed by atoms with E-state index in [-0.39, 0.29) is 20.7 Å².